The number of nitrogens with zero attached hydrogens (tertiary/aromatic N) is 1. The third-order valence-electron chi connectivity index (χ3n) is 4.11. The van der Waals surface area contributed by atoms with E-state index >= 15 is 0 Å². The predicted molar refractivity (Wildman–Crippen MR) is 109 cm³/mol. The molecule has 0 bridgehead atoms. The summed E-state index contributed by atoms with van der Waals surface area (Å²) in [7, 11) is 0. The highest BCUT2D eigenvalue weighted by Gasteiger charge is 2.16. The Labute approximate surface area is 167 Å². The van der Waals surface area contributed by atoms with Gasteiger partial charge in [-0.1, -0.05) is 6.07 Å². The van der Waals surface area contributed by atoms with Gasteiger partial charge in [0.2, 0.25) is 11.8 Å². The third kappa shape index (κ3) is 5.51. The number of hydrogen-bond acceptors (Lipinski definition) is 5. The van der Waals surface area contributed by atoms with Crippen LogP contribution in [0.1, 0.15) is 19.5 Å². The molecule has 0 saturated carbocycles. The number of hydrogen-bond donors (Lipinski definition) is 3. The lowest BCUT2D eigenvalue weighted by atomic mass is 10.2. The number of aromatic nitrogens is 1. The number of benzene rings is 1. The molecular weight excluding hydrogens is 376 g/mol. The molecule has 3 N–H and O–H groups in total. The van der Waals surface area contributed by atoms with Crippen LogP contribution >= 0.6 is 11.3 Å². The van der Waals surface area contributed by atoms with E-state index in [9.17, 15) is 9.59 Å². The average Bonchev–Trinajstić information content (AvgIpc) is 3.34. The summed E-state index contributed by atoms with van der Waals surface area (Å²) in [5.74, 6) is 0.407. The highest BCUT2D eigenvalue weighted by Crippen LogP contribution is 2.23. The Morgan fingerprint density at radius 2 is 1.86 bits per heavy atom. The molecule has 0 fully saturated rings. The molecule has 0 spiro atoms. The van der Waals surface area contributed by atoms with E-state index in [2.05, 4.69) is 15.6 Å². The number of carbonyl (C=O) groups is 2. The number of thiophene rings is 1. The molecule has 0 aliphatic rings. The summed E-state index contributed by atoms with van der Waals surface area (Å²) in [6.07, 6.45) is 1.66. The van der Waals surface area contributed by atoms with E-state index in [1.165, 1.54) is 6.92 Å². The van der Waals surface area contributed by atoms with Crippen molar-refractivity contribution < 1.29 is 18.9 Å². The summed E-state index contributed by atoms with van der Waals surface area (Å²) < 4.78 is 5.55. The SMILES string of the molecule is CC[NH+](CC(=O)Nc1ccc(NC(C)=O)cc1)Cc1coc(-c2cccs2)n1. The van der Waals surface area contributed by atoms with Crippen LogP contribution in [-0.4, -0.2) is 29.9 Å². The fourth-order valence-electron chi connectivity index (χ4n) is 2.74. The van der Waals surface area contributed by atoms with Gasteiger partial charge in [0.05, 0.1) is 11.4 Å². The predicted octanol–water partition coefficient (Wildman–Crippen LogP) is 2.41. The van der Waals surface area contributed by atoms with Gasteiger partial charge in [0.15, 0.2) is 6.54 Å². The van der Waals surface area contributed by atoms with Crippen LogP contribution < -0.4 is 15.5 Å². The molecule has 1 unspecified atom stereocenters. The highest BCUT2D eigenvalue weighted by molar-refractivity contribution is 7.13. The number of quaternary nitrogens is 1. The molecule has 2 aromatic heterocycles. The highest BCUT2D eigenvalue weighted by atomic mass is 32.1. The van der Waals surface area contributed by atoms with E-state index < -0.39 is 0 Å². The van der Waals surface area contributed by atoms with Crippen molar-refractivity contribution in [2.24, 2.45) is 0 Å². The summed E-state index contributed by atoms with van der Waals surface area (Å²) in [6.45, 7) is 5.21. The van der Waals surface area contributed by atoms with E-state index in [-0.39, 0.29) is 11.8 Å². The Balaban J connectivity index is 1.54. The van der Waals surface area contributed by atoms with Gasteiger partial charge in [0.25, 0.3) is 5.91 Å². The molecule has 1 aromatic carbocycles. The van der Waals surface area contributed by atoms with Crippen LogP contribution in [0.3, 0.4) is 0 Å². The largest absolute Gasteiger partial charge is 0.443 e. The quantitative estimate of drug-likeness (QED) is 0.543. The van der Waals surface area contributed by atoms with Crippen LogP contribution in [0, 0.1) is 0 Å². The Morgan fingerprint density at radius 3 is 2.46 bits per heavy atom. The fraction of sp³-hybridized carbons (Fsp3) is 0.250. The molecule has 0 radical (unpaired) electrons. The zero-order valence-corrected chi connectivity index (χ0v) is 16.6. The normalized spacial score (nSPS) is 11.8. The number of likely N-dealkylation sites (N-methyl/N-ethyl adjacent to an activating group) is 1. The molecule has 8 heteroatoms. The van der Waals surface area contributed by atoms with Crippen LogP contribution in [0.15, 0.2) is 52.5 Å². The maximum atomic E-state index is 12.4. The minimum Gasteiger partial charge on any atom is -0.443 e. The van der Waals surface area contributed by atoms with Crippen molar-refractivity contribution in [1.82, 2.24) is 4.98 Å². The van der Waals surface area contributed by atoms with E-state index in [1.54, 1.807) is 41.9 Å². The van der Waals surface area contributed by atoms with Crippen molar-refractivity contribution in [1.29, 1.82) is 0 Å². The number of carbonyl (C=O) groups excluding carboxylic acids is 2. The van der Waals surface area contributed by atoms with E-state index in [0.29, 0.717) is 30.4 Å². The lowest BCUT2D eigenvalue weighted by Gasteiger charge is -2.16. The number of nitrogens with one attached hydrogen (secondary N) is 3. The van der Waals surface area contributed by atoms with Gasteiger partial charge in [0, 0.05) is 18.3 Å². The van der Waals surface area contributed by atoms with Gasteiger partial charge >= 0.3 is 0 Å². The smallest absolute Gasteiger partial charge is 0.279 e. The first-order valence-electron chi connectivity index (χ1n) is 9.03. The molecule has 0 aliphatic carbocycles. The molecule has 1 atom stereocenters. The van der Waals surface area contributed by atoms with E-state index in [1.807, 2.05) is 24.4 Å². The van der Waals surface area contributed by atoms with Gasteiger partial charge in [-0.3, -0.25) is 9.59 Å². The molecule has 0 aliphatic heterocycles. The van der Waals surface area contributed by atoms with E-state index in [0.717, 1.165) is 22.0 Å². The second kappa shape index (κ2) is 9.29. The summed E-state index contributed by atoms with van der Waals surface area (Å²) in [6, 6.07) is 11.0. The van der Waals surface area contributed by atoms with Crippen molar-refractivity contribution in [3.63, 3.8) is 0 Å². The van der Waals surface area contributed by atoms with Gasteiger partial charge in [-0.15, -0.1) is 11.3 Å². The summed E-state index contributed by atoms with van der Waals surface area (Å²) in [5, 5.41) is 7.56. The van der Waals surface area contributed by atoms with Crippen LogP contribution in [0.25, 0.3) is 10.8 Å². The summed E-state index contributed by atoms with van der Waals surface area (Å²) in [5.41, 5.74) is 2.21. The zero-order valence-electron chi connectivity index (χ0n) is 15.8. The van der Waals surface area contributed by atoms with Crippen LogP contribution in [-0.2, 0) is 16.1 Å². The van der Waals surface area contributed by atoms with Crippen molar-refractivity contribution in [2.75, 3.05) is 23.7 Å². The van der Waals surface area contributed by atoms with Crippen molar-refractivity contribution in [3.8, 4) is 10.8 Å². The van der Waals surface area contributed by atoms with E-state index in [4.69, 9.17) is 4.42 Å². The molecule has 146 valence electrons. The zero-order chi connectivity index (χ0) is 19.9. The van der Waals surface area contributed by atoms with Crippen molar-refractivity contribution in [2.45, 2.75) is 20.4 Å². The van der Waals surface area contributed by atoms with Crippen LogP contribution in [0.4, 0.5) is 11.4 Å². The first kappa shape index (κ1) is 19.8. The van der Waals surface area contributed by atoms with Gasteiger partial charge in [-0.25, -0.2) is 4.98 Å². The average molecular weight is 399 g/mol. The second-order valence-corrected chi connectivity index (χ2v) is 7.33. The summed E-state index contributed by atoms with van der Waals surface area (Å²) >= 11 is 1.58. The minimum atomic E-state index is -0.130. The van der Waals surface area contributed by atoms with Gasteiger partial charge in [-0.2, -0.15) is 0 Å². The molecular formula is C20H23N4O3S+. The molecule has 2 heterocycles. The maximum absolute atomic E-state index is 12.4. The fourth-order valence-corrected chi connectivity index (χ4v) is 3.40. The van der Waals surface area contributed by atoms with Crippen molar-refractivity contribution in [3.05, 3.63) is 53.7 Å². The molecule has 28 heavy (non-hydrogen) atoms. The molecule has 2 amide bonds. The second-order valence-electron chi connectivity index (χ2n) is 6.39. The first-order chi connectivity index (χ1) is 13.5. The topological polar surface area (TPSA) is 88.7 Å². The monoisotopic (exact) mass is 399 g/mol. The Morgan fingerprint density at radius 1 is 1.14 bits per heavy atom. The molecule has 7 nitrogen and oxygen atoms in total. The molecule has 0 saturated heterocycles. The lowest BCUT2D eigenvalue weighted by molar-refractivity contribution is -0.904. The Hall–Kier alpha value is -2.97. The number of anilines is 2. The Bertz CT molecular complexity index is 919. The summed E-state index contributed by atoms with van der Waals surface area (Å²) in [4.78, 5) is 30.0. The standard InChI is InChI=1S/C20H22N4O3S/c1-3-24(11-17-13-27-20(23-17)18-5-4-10-28-18)12-19(26)22-16-8-6-15(7-9-16)21-14(2)25/h4-10,13H,3,11-12H2,1-2H3,(H,21,25)(H,22,26)/p+1. The molecule has 3 rings (SSSR count). The third-order valence-corrected chi connectivity index (χ3v) is 4.97. The molecule has 3 aromatic rings. The number of rotatable bonds is 8. The minimum absolute atomic E-state index is 0.0777. The van der Waals surface area contributed by atoms with Gasteiger partial charge < -0.3 is 20.0 Å². The van der Waals surface area contributed by atoms with Gasteiger partial charge in [0.1, 0.15) is 18.5 Å². The van der Waals surface area contributed by atoms with Crippen LogP contribution in [0.2, 0.25) is 0 Å². The first-order valence-corrected chi connectivity index (χ1v) is 9.91. The lowest BCUT2D eigenvalue weighted by Crippen LogP contribution is -3.11. The maximum Gasteiger partial charge on any atom is 0.279 e. The van der Waals surface area contributed by atoms with Crippen LogP contribution in [0.5, 0.6) is 0 Å². The Kier molecular flexibility index (Phi) is 6.57. The van der Waals surface area contributed by atoms with Crippen molar-refractivity contribution >= 4 is 34.5 Å². The van der Waals surface area contributed by atoms with Gasteiger partial charge in [-0.05, 0) is 42.6 Å². The number of amides is 2. The number of oxazole rings is 1.